The topological polar surface area (TPSA) is 103 Å². The van der Waals surface area contributed by atoms with E-state index in [9.17, 15) is 9.90 Å². The van der Waals surface area contributed by atoms with Crippen molar-refractivity contribution in [3.63, 3.8) is 0 Å². The molecule has 2 aromatic rings. The van der Waals surface area contributed by atoms with Crippen LogP contribution < -0.4 is 10.6 Å². The Hall–Kier alpha value is -2.41. The Kier molecular flexibility index (Phi) is 4.09. The third-order valence-electron chi connectivity index (χ3n) is 2.51. The second kappa shape index (κ2) is 5.96. The number of H-pyrrole nitrogens is 1. The molecule has 1 unspecified atom stereocenters. The number of aromatic amines is 1. The van der Waals surface area contributed by atoms with Gasteiger partial charge in [-0.05, 0) is 24.6 Å². The molecule has 19 heavy (non-hydrogen) atoms. The van der Waals surface area contributed by atoms with Crippen molar-refractivity contribution in [1.29, 1.82) is 0 Å². The van der Waals surface area contributed by atoms with Crippen LogP contribution in [0.25, 0.3) is 0 Å². The molecule has 0 bridgehead atoms. The minimum atomic E-state index is -0.570. The van der Waals surface area contributed by atoms with Crippen LogP contribution >= 0.6 is 0 Å². The van der Waals surface area contributed by atoms with Crippen molar-refractivity contribution in [2.24, 2.45) is 0 Å². The second-order valence-electron chi connectivity index (χ2n) is 4.04. The SMILES string of the molecule is CC(O)c1cccc(NC(=O)NCc2ncn[nH]2)c1. The smallest absolute Gasteiger partial charge is 0.319 e. The van der Waals surface area contributed by atoms with Gasteiger partial charge in [-0.3, -0.25) is 5.10 Å². The first-order valence-corrected chi connectivity index (χ1v) is 5.82. The number of nitrogens with one attached hydrogen (secondary N) is 3. The van der Waals surface area contributed by atoms with Gasteiger partial charge in [-0.2, -0.15) is 5.10 Å². The van der Waals surface area contributed by atoms with Gasteiger partial charge >= 0.3 is 6.03 Å². The zero-order valence-electron chi connectivity index (χ0n) is 10.4. The highest BCUT2D eigenvalue weighted by molar-refractivity contribution is 5.89. The monoisotopic (exact) mass is 261 g/mol. The molecule has 1 aromatic carbocycles. The van der Waals surface area contributed by atoms with Gasteiger partial charge in [-0.1, -0.05) is 12.1 Å². The Morgan fingerprint density at radius 1 is 1.53 bits per heavy atom. The first-order valence-electron chi connectivity index (χ1n) is 5.82. The van der Waals surface area contributed by atoms with E-state index in [0.717, 1.165) is 5.56 Å². The molecule has 100 valence electrons. The molecule has 0 aliphatic heterocycles. The van der Waals surface area contributed by atoms with E-state index in [1.807, 2.05) is 0 Å². The summed E-state index contributed by atoms with van der Waals surface area (Å²) < 4.78 is 0. The number of carbonyl (C=O) groups excluding carboxylic acids is 1. The Labute approximate surface area is 110 Å². The van der Waals surface area contributed by atoms with Gasteiger partial charge in [0, 0.05) is 5.69 Å². The van der Waals surface area contributed by atoms with Crippen molar-refractivity contribution in [1.82, 2.24) is 20.5 Å². The first kappa shape index (κ1) is 13.0. The zero-order chi connectivity index (χ0) is 13.7. The van der Waals surface area contributed by atoms with E-state index < -0.39 is 6.10 Å². The Balaban J connectivity index is 1.89. The van der Waals surface area contributed by atoms with Gasteiger partial charge in [0.2, 0.25) is 0 Å². The molecular formula is C12H15N5O2. The Bertz CT molecular complexity index is 539. The quantitative estimate of drug-likeness (QED) is 0.663. The number of anilines is 1. The van der Waals surface area contributed by atoms with E-state index in [1.165, 1.54) is 6.33 Å². The summed E-state index contributed by atoms with van der Waals surface area (Å²) in [5, 5.41) is 21.1. The maximum absolute atomic E-state index is 11.6. The predicted molar refractivity (Wildman–Crippen MR) is 69.3 cm³/mol. The van der Waals surface area contributed by atoms with E-state index in [-0.39, 0.29) is 12.6 Å². The summed E-state index contributed by atoms with van der Waals surface area (Å²) in [6.45, 7) is 1.94. The number of hydrogen-bond acceptors (Lipinski definition) is 4. The maximum atomic E-state index is 11.6. The first-order chi connectivity index (χ1) is 9.15. The average molecular weight is 261 g/mol. The molecule has 0 aliphatic carbocycles. The lowest BCUT2D eigenvalue weighted by Crippen LogP contribution is -2.28. The van der Waals surface area contributed by atoms with E-state index in [1.54, 1.807) is 31.2 Å². The number of urea groups is 1. The summed E-state index contributed by atoms with van der Waals surface area (Å²) >= 11 is 0. The molecule has 2 amide bonds. The molecule has 0 radical (unpaired) electrons. The molecule has 2 rings (SSSR count). The molecule has 7 heteroatoms. The third kappa shape index (κ3) is 3.78. The highest BCUT2D eigenvalue weighted by Gasteiger charge is 2.05. The number of hydrogen-bond donors (Lipinski definition) is 4. The van der Waals surface area contributed by atoms with Gasteiger partial charge in [-0.15, -0.1) is 0 Å². The summed E-state index contributed by atoms with van der Waals surface area (Å²) in [5.74, 6) is 0.577. The van der Waals surface area contributed by atoms with Crippen LogP contribution in [0.4, 0.5) is 10.5 Å². The van der Waals surface area contributed by atoms with Crippen LogP contribution in [0.2, 0.25) is 0 Å². The van der Waals surface area contributed by atoms with Gasteiger partial charge in [0.15, 0.2) is 0 Å². The van der Waals surface area contributed by atoms with Crippen LogP contribution in [-0.2, 0) is 6.54 Å². The van der Waals surface area contributed by atoms with E-state index in [4.69, 9.17) is 0 Å². The van der Waals surface area contributed by atoms with Gasteiger partial charge in [0.25, 0.3) is 0 Å². The molecule has 0 saturated carbocycles. The summed E-state index contributed by atoms with van der Waals surface area (Å²) in [5.41, 5.74) is 1.36. The van der Waals surface area contributed by atoms with Gasteiger partial charge in [0.05, 0.1) is 12.6 Å². The summed E-state index contributed by atoms with van der Waals surface area (Å²) in [4.78, 5) is 15.5. The van der Waals surface area contributed by atoms with Crippen LogP contribution in [-0.4, -0.2) is 26.3 Å². The number of aliphatic hydroxyl groups excluding tert-OH is 1. The number of aromatic nitrogens is 3. The lowest BCUT2D eigenvalue weighted by molar-refractivity contribution is 0.199. The molecule has 0 aliphatic rings. The molecule has 0 spiro atoms. The molecule has 0 fully saturated rings. The summed E-state index contributed by atoms with van der Waals surface area (Å²) in [6, 6.07) is 6.69. The van der Waals surface area contributed by atoms with Crippen molar-refractivity contribution < 1.29 is 9.90 Å². The number of carbonyl (C=O) groups is 1. The molecule has 1 atom stereocenters. The zero-order valence-corrected chi connectivity index (χ0v) is 10.4. The number of nitrogens with zero attached hydrogens (tertiary/aromatic N) is 2. The number of benzene rings is 1. The van der Waals surface area contributed by atoms with Crippen LogP contribution in [0.1, 0.15) is 24.4 Å². The molecule has 1 aromatic heterocycles. The number of rotatable bonds is 4. The van der Waals surface area contributed by atoms with Crippen LogP contribution in [0.3, 0.4) is 0 Å². The van der Waals surface area contributed by atoms with Crippen molar-refractivity contribution in [2.75, 3.05) is 5.32 Å². The van der Waals surface area contributed by atoms with Crippen LogP contribution in [0, 0.1) is 0 Å². The third-order valence-corrected chi connectivity index (χ3v) is 2.51. The number of aliphatic hydroxyl groups is 1. The van der Waals surface area contributed by atoms with Crippen molar-refractivity contribution in [3.8, 4) is 0 Å². The predicted octanol–water partition coefficient (Wildman–Crippen LogP) is 1.18. The van der Waals surface area contributed by atoms with E-state index in [0.29, 0.717) is 11.5 Å². The van der Waals surface area contributed by atoms with Crippen molar-refractivity contribution >= 4 is 11.7 Å². The summed E-state index contributed by atoms with van der Waals surface area (Å²) in [6.07, 6.45) is 0.806. The Morgan fingerprint density at radius 2 is 2.37 bits per heavy atom. The molecule has 4 N–H and O–H groups in total. The molecule has 1 heterocycles. The minimum Gasteiger partial charge on any atom is -0.389 e. The fourth-order valence-corrected chi connectivity index (χ4v) is 1.53. The van der Waals surface area contributed by atoms with Crippen molar-refractivity contribution in [3.05, 3.63) is 42.0 Å². The Morgan fingerprint density at radius 3 is 3.05 bits per heavy atom. The normalized spacial score (nSPS) is 11.9. The lowest BCUT2D eigenvalue weighted by Gasteiger charge is -2.09. The van der Waals surface area contributed by atoms with E-state index in [2.05, 4.69) is 25.8 Å². The summed E-state index contributed by atoms with van der Waals surface area (Å²) in [7, 11) is 0. The highest BCUT2D eigenvalue weighted by atomic mass is 16.3. The van der Waals surface area contributed by atoms with Crippen LogP contribution in [0.15, 0.2) is 30.6 Å². The fourth-order valence-electron chi connectivity index (χ4n) is 1.53. The molecular weight excluding hydrogens is 246 g/mol. The molecule has 0 saturated heterocycles. The average Bonchev–Trinajstić information content (AvgIpc) is 2.90. The molecule has 7 nitrogen and oxygen atoms in total. The van der Waals surface area contributed by atoms with Gasteiger partial charge < -0.3 is 15.7 Å². The van der Waals surface area contributed by atoms with Crippen molar-refractivity contribution in [2.45, 2.75) is 19.6 Å². The van der Waals surface area contributed by atoms with Gasteiger partial charge in [-0.25, -0.2) is 9.78 Å². The fraction of sp³-hybridized carbons (Fsp3) is 0.250. The maximum Gasteiger partial charge on any atom is 0.319 e. The van der Waals surface area contributed by atoms with Crippen LogP contribution in [0.5, 0.6) is 0 Å². The van der Waals surface area contributed by atoms with E-state index >= 15 is 0 Å². The highest BCUT2D eigenvalue weighted by Crippen LogP contribution is 2.16. The largest absolute Gasteiger partial charge is 0.389 e. The van der Waals surface area contributed by atoms with Gasteiger partial charge in [0.1, 0.15) is 12.2 Å². The standard InChI is InChI=1S/C12H15N5O2/c1-8(18)9-3-2-4-10(5-9)16-12(19)13-6-11-14-7-15-17-11/h2-5,7-8,18H,6H2,1H3,(H2,13,16,19)(H,14,15,17). The number of amides is 2. The minimum absolute atomic E-state index is 0.266. The lowest BCUT2D eigenvalue weighted by atomic mass is 10.1. The second-order valence-corrected chi connectivity index (χ2v) is 4.04.